The number of nitrogens with zero attached hydrogens (tertiary/aromatic N) is 2. The SMILES string of the molecule is COc1ccnc2nc(C)c(C(=O)NCc3cccc(C(F)(F)F)c3)cc12. The van der Waals surface area contributed by atoms with Crippen LogP contribution < -0.4 is 10.1 Å². The number of carbonyl (C=O) groups is 1. The van der Waals surface area contributed by atoms with Gasteiger partial charge in [-0.05, 0) is 36.8 Å². The van der Waals surface area contributed by atoms with Crippen LogP contribution in [0, 0.1) is 6.92 Å². The van der Waals surface area contributed by atoms with Crippen molar-refractivity contribution in [3.05, 3.63) is 65.0 Å². The van der Waals surface area contributed by atoms with E-state index in [0.717, 1.165) is 12.1 Å². The summed E-state index contributed by atoms with van der Waals surface area (Å²) < 4.78 is 43.6. The molecule has 0 aliphatic rings. The minimum absolute atomic E-state index is 0.0373. The smallest absolute Gasteiger partial charge is 0.416 e. The van der Waals surface area contributed by atoms with E-state index < -0.39 is 17.6 Å². The first-order valence-corrected chi connectivity index (χ1v) is 8.04. The Morgan fingerprint density at radius 3 is 2.70 bits per heavy atom. The Morgan fingerprint density at radius 1 is 1.22 bits per heavy atom. The molecule has 3 aromatic rings. The van der Waals surface area contributed by atoms with Crippen LogP contribution in [0.4, 0.5) is 13.2 Å². The first-order chi connectivity index (χ1) is 12.8. The molecule has 3 rings (SSSR count). The van der Waals surface area contributed by atoms with E-state index in [9.17, 15) is 18.0 Å². The molecule has 27 heavy (non-hydrogen) atoms. The van der Waals surface area contributed by atoms with E-state index in [-0.39, 0.29) is 6.54 Å². The Labute approximate surface area is 153 Å². The minimum atomic E-state index is -4.43. The number of ether oxygens (including phenoxy) is 1. The van der Waals surface area contributed by atoms with E-state index in [1.807, 2.05) is 0 Å². The average Bonchev–Trinajstić information content (AvgIpc) is 2.64. The number of alkyl halides is 3. The van der Waals surface area contributed by atoms with Crippen LogP contribution in [0.15, 0.2) is 42.6 Å². The molecule has 0 fully saturated rings. The van der Waals surface area contributed by atoms with E-state index in [2.05, 4.69) is 15.3 Å². The highest BCUT2D eigenvalue weighted by molar-refractivity contribution is 5.99. The number of fused-ring (bicyclic) bond motifs is 1. The number of nitrogens with one attached hydrogen (secondary N) is 1. The monoisotopic (exact) mass is 375 g/mol. The van der Waals surface area contributed by atoms with Gasteiger partial charge in [-0.2, -0.15) is 13.2 Å². The molecule has 0 unspecified atom stereocenters. The van der Waals surface area contributed by atoms with Gasteiger partial charge in [0.05, 0.1) is 29.3 Å². The molecule has 1 amide bonds. The highest BCUT2D eigenvalue weighted by Gasteiger charge is 2.30. The molecule has 5 nitrogen and oxygen atoms in total. The zero-order chi connectivity index (χ0) is 19.6. The van der Waals surface area contributed by atoms with Crippen molar-refractivity contribution in [2.75, 3.05) is 7.11 Å². The Kier molecular flexibility index (Phi) is 4.98. The first-order valence-electron chi connectivity index (χ1n) is 8.04. The van der Waals surface area contributed by atoms with Gasteiger partial charge < -0.3 is 10.1 Å². The largest absolute Gasteiger partial charge is 0.496 e. The van der Waals surface area contributed by atoms with Crippen LogP contribution in [0.5, 0.6) is 5.75 Å². The lowest BCUT2D eigenvalue weighted by molar-refractivity contribution is -0.137. The highest BCUT2D eigenvalue weighted by atomic mass is 19.4. The second-order valence-electron chi connectivity index (χ2n) is 5.89. The van der Waals surface area contributed by atoms with Gasteiger partial charge in [-0.1, -0.05) is 12.1 Å². The number of hydrogen-bond acceptors (Lipinski definition) is 4. The Balaban J connectivity index is 1.83. The molecular weight excluding hydrogens is 359 g/mol. The minimum Gasteiger partial charge on any atom is -0.496 e. The number of carbonyl (C=O) groups excluding carboxylic acids is 1. The van der Waals surface area contributed by atoms with Crippen molar-refractivity contribution in [1.29, 1.82) is 0 Å². The predicted octanol–water partition coefficient (Wildman–Crippen LogP) is 3.90. The molecule has 0 atom stereocenters. The fourth-order valence-corrected chi connectivity index (χ4v) is 2.68. The topological polar surface area (TPSA) is 64.1 Å². The quantitative estimate of drug-likeness (QED) is 0.751. The number of pyridine rings is 2. The summed E-state index contributed by atoms with van der Waals surface area (Å²) in [6.45, 7) is 1.63. The molecule has 0 spiro atoms. The van der Waals surface area contributed by atoms with Crippen molar-refractivity contribution >= 4 is 16.9 Å². The molecule has 0 radical (unpaired) electrons. The molecule has 8 heteroatoms. The maximum Gasteiger partial charge on any atom is 0.416 e. The van der Waals surface area contributed by atoms with E-state index in [1.165, 1.54) is 19.2 Å². The molecule has 0 saturated heterocycles. The van der Waals surface area contributed by atoms with Gasteiger partial charge in [-0.15, -0.1) is 0 Å². The molecule has 2 heterocycles. The third kappa shape index (κ3) is 3.99. The maximum absolute atomic E-state index is 12.8. The molecule has 140 valence electrons. The highest BCUT2D eigenvalue weighted by Crippen LogP contribution is 2.29. The second kappa shape index (κ2) is 7.22. The number of aryl methyl sites for hydroxylation is 1. The third-order valence-corrected chi connectivity index (χ3v) is 4.05. The molecule has 1 N–H and O–H groups in total. The number of rotatable bonds is 4. The Morgan fingerprint density at radius 2 is 2.00 bits per heavy atom. The van der Waals surface area contributed by atoms with Crippen LogP contribution >= 0.6 is 0 Å². The van der Waals surface area contributed by atoms with Gasteiger partial charge in [-0.25, -0.2) is 9.97 Å². The third-order valence-electron chi connectivity index (χ3n) is 4.05. The maximum atomic E-state index is 12.8. The van der Waals surface area contributed by atoms with Gasteiger partial charge in [0.1, 0.15) is 5.75 Å². The standard InChI is InChI=1S/C19H16F3N3O2/c1-11-14(9-15-16(27-2)6-7-23-17(15)25-11)18(26)24-10-12-4-3-5-13(8-12)19(20,21)22/h3-9H,10H2,1-2H3,(H,24,26). The normalized spacial score (nSPS) is 11.4. The number of benzene rings is 1. The summed E-state index contributed by atoms with van der Waals surface area (Å²) in [7, 11) is 1.50. The summed E-state index contributed by atoms with van der Waals surface area (Å²) in [6, 6.07) is 8.10. The van der Waals surface area contributed by atoms with Crippen molar-refractivity contribution in [2.45, 2.75) is 19.6 Å². The lowest BCUT2D eigenvalue weighted by Crippen LogP contribution is -2.24. The average molecular weight is 375 g/mol. The molecular formula is C19H16F3N3O2. The van der Waals surface area contributed by atoms with Crippen LogP contribution in [0.25, 0.3) is 11.0 Å². The van der Waals surface area contributed by atoms with Gasteiger partial charge >= 0.3 is 6.18 Å². The number of amides is 1. The van der Waals surface area contributed by atoms with E-state index in [1.54, 1.807) is 25.3 Å². The van der Waals surface area contributed by atoms with Crippen LogP contribution in [0.3, 0.4) is 0 Å². The van der Waals surface area contributed by atoms with Crippen molar-refractivity contribution in [3.8, 4) is 5.75 Å². The first kappa shape index (κ1) is 18.6. The number of methoxy groups -OCH3 is 1. The Hall–Kier alpha value is -3.16. The van der Waals surface area contributed by atoms with Gasteiger partial charge in [0.2, 0.25) is 0 Å². The van der Waals surface area contributed by atoms with Crippen LogP contribution in [0.2, 0.25) is 0 Å². The zero-order valence-corrected chi connectivity index (χ0v) is 14.6. The van der Waals surface area contributed by atoms with Crippen LogP contribution in [0.1, 0.15) is 27.2 Å². The van der Waals surface area contributed by atoms with Crippen molar-refractivity contribution < 1.29 is 22.7 Å². The molecule has 0 saturated carbocycles. The van der Waals surface area contributed by atoms with Gasteiger partial charge in [-0.3, -0.25) is 4.79 Å². The fourth-order valence-electron chi connectivity index (χ4n) is 2.68. The Bertz CT molecular complexity index is 1000. The van der Waals surface area contributed by atoms with Crippen LogP contribution in [-0.4, -0.2) is 23.0 Å². The van der Waals surface area contributed by atoms with E-state index in [4.69, 9.17) is 4.74 Å². The summed E-state index contributed by atoms with van der Waals surface area (Å²) in [5, 5.41) is 3.21. The zero-order valence-electron chi connectivity index (χ0n) is 14.6. The summed E-state index contributed by atoms with van der Waals surface area (Å²) in [5.41, 5.74) is 0.810. The summed E-state index contributed by atoms with van der Waals surface area (Å²) in [4.78, 5) is 21.0. The van der Waals surface area contributed by atoms with E-state index >= 15 is 0 Å². The molecule has 0 aliphatic carbocycles. The number of halogens is 3. The lowest BCUT2D eigenvalue weighted by Gasteiger charge is -2.11. The summed E-state index contributed by atoms with van der Waals surface area (Å²) in [6.07, 6.45) is -2.87. The number of hydrogen-bond donors (Lipinski definition) is 1. The molecule has 1 aromatic carbocycles. The summed E-state index contributed by atoms with van der Waals surface area (Å²) >= 11 is 0. The molecule has 2 aromatic heterocycles. The number of aromatic nitrogens is 2. The second-order valence-corrected chi connectivity index (χ2v) is 5.89. The van der Waals surface area contributed by atoms with Crippen molar-refractivity contribution in [3.63, 3.8) is 0 Å². The van der Waals surface area contributed by atoms with Gasteiger partial charge in [0.25, 0.3) is 5.91 Å². The fraction of sp³-hybridized carbons (Fsp3) is 0.211. The van der Waals surface area contributed by atoms with Gasteiger partial charge in [0, 0.05) is 12.7 Å². The van der Waals surface area contributed by atoms with Crippen LogP contribution in [-0.2, 0) is 12.7 Å². The summed E-state index contributed by atoms with van der Waals surface area (Å²) in [5.74, 6) is 0.0876. The van der Waals surface area contributed by atoms with Gasteiger partial charge in [0.15, 0.2) is 5.65 Å². The van der Waals surface area contributed by atoms with E-state index in [0.29, 0.717) is 33.6 Å². The lowest BCUT2D eigenvalue weighted by atomic mass is 10.1. The predicted molar refractivity (Wildman–Crippen MR) is 93.4 cm³/mol. The molecule has 0 bridgehead atoms. The molecule has 0 aliphatic heterocycles. The van der Waals surface area contributed by atoms with Crippen molar-refractivity contribution in [1.82, 2.24) is 15.3 Å². The van der Waals surface area contributed by atoms with Crippen molar-refractivity contribution in [2.24, 2.45) is 0 Å².